The number of sulfone groups is 1. The second kappa shape index (κ2) is 4.57. The molecule has 19 heavy (non-hydrogen) atoms. The fourth-order valence-corrected chi connectivity index (χ4v) is 4.70. The van der Waals surface area contributed by atoms with Gasteiger partial charge in [0.25, 0.3) is 0 Å². The minimum absolute atomic E-state index is 0.0461. The van der Waals surface area contributed by atoms with Gasteiger partial charge < -0.3 is 5.32 Å². The maximum atomic E-state index is 12.0. The summed E-state index contributed by atoms with van der Waals surface area (Å²) in [6.07, 6.45) is 0.408. The summed E-state index contributed by atoms with van der Waals surface area (Å²) in [5, 5.41) is 4.37. The second-order valence-corrected chi connectivity index (χ2v) is 7.62. The predicted molar refractivity (Wildman–Crippen MR) is 75.0 cm³/mol. The van der Waals surface area contributed by atoms with Crippen molar-refractivity contribution in [2.75, 3.05) is 16.8 Å². The highest BCUT2D eigenvalue weighted by atomic mass is 32.2. The Morgan fingerprint density at radius 2 is 2.16 bits per heavy atom. The van der Waals surface area contributed by atoms with E-state index in [9.17, 15) is 13.2 Å². The molecular weight excluding hydrogens is 284 g/mol. The number of rotatable bonds is 2. The molecule has 0 bridgehead atoms. The van der Waals surface area contributed by atoms with E-state index in [2.05, 4.69) is 9.69 Å². The number of carbonyl (C=O) groups excluding carboxylic acids is 1. The SMILES string of the molecule is O=C(Nc1snc2ccccc12)[C@H]1CCS(=O)(=O)C1. The van der Waals surface area contributed by atoms with E-state index in [1.807, 2.05) is 24.3 Å². The largest absolute Gasteiger partial charge is 0.316 e. The van der Waals surface area contributed by atoms with Gasteiger partial charge in [0.15, 0.2) is 9.84 Å². The summed E-state index contributed by atoms with van der Waals surface area (Å²) in [7, 11) is -3.03. The summed E-state index contributed by atoms with van der Waals surface area (Å²) in [5.74, 6) is -0.606. The van der Waals surface area contributed by atoms with Gasteiger partial charge in [-0.2, -0.15) is 4.37 Å². The normalized spacial score (nSPS) is 21.6. The lowest BCUT2D eigenvalue weighted by Crippen LogP contribution is -2.23. The molecule has 0 radical (unpaired) electrons. The maximum Gasteiger partial charge on any atom is 0.229 e. The molecule has 1 fully saturated rings. The Hall–Kier alpha value is -1.47. The third kappa shape index (κ3) is 2.48. The molecule has 0 saturated carbocycles. The Morgan fingerprint density at radius 3 is 2.89 bits per heavy atom. The number of benzene rings is 1. The van der Waals surface area contributed by atoms with Crippen LogP contribution >= 0.6 is 11.5 Å². The molecule has 1 aliphatic rings. The number of carbonyl (C=O) groups is 1. The van der Waals surface area contributed by atoms with Gasteiger partial charge in [-0.05, 0) is 30.1 Å². The van der Waals surface area contributed by atoms with E-state index >= 15 is 0 Å². The number of hydrogen-bond donors (Lipinski definition) is 1. The zero-order chi connectivity index (χ0) is 13.5. The van der Waals surface area contributed by atoms with Crippen LogP contribution in [0.2, 0.25) is 0 Å². The number of anilines is 1. The Kier molecular flexibility index (Phi) is 3.02. The number of nitrogens with one attached hydrogen (secondary N) is 1. The molecule has 1 aliphatic heterocycles. The first-order valence-electron chi connectivity index (χ1n) is 5.91. The van der Waals surface area contributed by atoms with Crippen LogP contribution in [0.15, 0.2) is 24.3 Å². The van der Waals surface area contributed by atoms with Crippen LogP contribution in [0.4, 0.5) is 5.00 Å². The van der Waals surface area contributed by atoms with E-state index in [1.165, 1.54) is 11.5 Å². The van der Waals surface area contributed by atoms with Gasteiger partial charge in [-0.3, -0.25) is 4.79 Å². The molecule has 1 N–H and O–H groups in total. The Balaban J connectivity index is 1.80. The van der Waals surface area contributed by atoms with Gasteiger partial charge in [-0.1, -0.05) is 12.1 Å². The smallest absolute Gasteiger partial charge is 0.229 e. The van der Waals surface area contributed by atoms with Crippen LogP contribution in [0, 0.1) is 5.92 Å². The minimum atomic E-state index is -3.03. The van der Waals surface area contributed by atoms with Crippen LogP contribution in [0.1, 0.15) is 6.42 Å². The van der Waals surface area contributed by atoms with Crippen molar-refractivity contribution in [2.24, 2.45) is 5.92 Å². The van der Waals surface area contributed by atoms with E-state index in [0.717, 1.165) is 10.9 Å². The van der Waals surface area contributed by atoms with Gasteiger partial charge in [-0.15, -0.1) is 0 Å². The molecule has 0 unspecified atom stereocenters. The Labute approximate surface area is 114 Å². The molecule has 1 saturated heterocycles. The van der Waals surface area contributed by atoms with Gasteiger partial charge in [0.05, 0.1) is 22.9 Å². The van der Waals surface area contributed by atoms with Crippen molar-refractivity contribution in [3.8, 4) is 0 Å². The van der Waals surface area contributed by atoms with Crippen LogP contribution in [0.3, 0.4) is 0 Å². The number of amides is 1. The van der Waals surface area contributed by atoms with Crippen molar-refractivity contribution >= 4 is 43.2 Å². The van der Waals surface area contributed by atoms with Gasteiger partial charge in [0.2, 0.25) is 5.91 Å². The zero-order valence-corrected chi connectivity index (χ0v) is 11.6. The Morgan fingerprint density at radius 1 is 1.37 bits per heavy atom. The van der Waals surface area contributed by atoms with E-state index < -0.39 is 15.8 Å². The Bertz CT molecular complexity index is 736. The standard InChI is InChI=1S/C12H12N2O3S2/c15-11(8-5-6-19(16,17)7-8)13-12-9-3-1-2-4-10(9)14-18-12/h1-4,8H,5-7H2,(H,13,15)/t8-/m0/s1. The molecule has 100 valence electrons. The van der Waals surface area contributed by atoms with Crippen molar-refractivity contribution in [3.63, 3.8) is 0 Å². The molecule has 3 rings (SSSR count). The topological polar surface area (TPSA) is 76.1 Å². The second-order valence-electron chi connectivity index (χ2n) is 4.62. The molecule has 1 aromatic heterocycles. The minimum Gasteiger partial charge on any atom is -0.316 e. The van der Waals surface area contributed by atoms with Gasteiger partial charge in [0, 0.05) is 5.39 Å². The van der Waals surface area contributed by atoms with Crippen LogP contribution in [-0.2, 0) is 14.6 Å². The number of hydrogen-bond acceptors (Lipinski definition) is 5. The first kappa shape index (κ1) is 12.6. The summed E-state index contributed by atoms with van der Waals surface area (Å²) < 4.78 is 27.0. The fraction of sp³-hybridized carbons (Fsp3) is 0.333. The van der Waals surface area contributed by atoms with E-state index in [-0.39, 0.29) is 17.4 Å². The molecule has 0 aliphatic carbocycles. The van der Waals surface area contributed by atoms with Crippen molar-refractivity contribution in [1.29, 1.82) is 0 Å². The molecule has 2 aromatic rings. The first-order chi connectivity index (χ1) is 9.05. The highest BCUT2D eigenvalue weighted by Crippen LogP contribution is 2.28. The van der Waals surface area contributed by atoms with Crippen molar-refractivity contribution in [3.05, 3.63) is 24.3 Å². The van der Waals surface area contributed by atoms with Gasteiger partial charge in [-0.25, -0.2) is 8.42 Å². The monoisotopic (exact) mass is 296 g/mol. The highest BCUT2D eigenvalue weighted by Gasteiger charge is 2.33. The summed E-state index contributed by atoms with van der Waals surface area (Å²) in [6, 6.07) is 7.53. The quantitative estimate of drug-likeness (QED) is 0.914. The molecule has 1 amide bonds. The van der Waals surface area contributed by atoms with Crippen molar-refractivity contribution in [1.82, 2.24) is 4.37 Å². The van der Waals surface area contributed by atoms with Gasteiger partial charge in [0.1, 0.15) is 5.00 Å². The van der Waals surface area contributed by atoms with Crippen LogP contribution in [0.5, 0.6) is 0 Å². The predicted octanol–water partition coefficient (Wildman–Crippen LogP) is 1.67. The van der Waals surface area contributed by atoms with Crippen LogP contribution < -0.4 is 5.32 Å². The van der Waals surface area contributed by atoms with Crippen LogP contribution in [0.25, 0.3) is 10.9 Å². The van der Waals surface area contributed by atoms with Crippen LogP contribution in [-0.4, -0.2) is 30.2 Å². The fourth-order valence-electron chi connectivity index (χ4n) is 2.20. The molecular formula is C12H12N2O3S2. The molecule has 5 nitrogen and oxygen atoms in total. The number of fused-ring (bicyclic) bond motifs is 1. The summed E-state index contributed by atoms with van der Waals surface area (Å²) in [4.78, 5) is 12.0. The zero-order valence-electron chi connectivity index (χ0n) is 10.00. The maximum absolute atomic E-state index is 12.0. The lowest BCUT2D eigenvalue weighted by atomic mass is 10.1. The number of aromatic nitrogens is 1. The van der Waals surface area contributed by atoms with E-state index in [4.69, 9.17) is 0 Å². The lowest BCUT2D eigenvalue weighted by molar-refractivity contribution is -0.119. The average Bonchev–Trinajstić information content (AvgIpc) is 2.94. The third-order valence-electron chi connectivity index (χ3n) is 3.22. The molecule has 1 aromatic carbocycles. The molecule has 2 heterocycles. The highest BCUT2D eigenvalue weighted by molar-refractivity contribution is 7.91. The summed E-state index contributed by atoms with van der Waals surface area (Å²) in [5.41, 5.74) is 0.835. The van der Waals surface area contributed by atoms with E-state index in [1.54, 1.807) is 0 Å². The summed E-state index contributed by atoms with van der Waals surface area (Å²) in [6.45, 7) is 0. The molecule has 1 atom stereocenters. The van der Waals surface area contributed by atoms with Gasteiger partial charge >= 0.3 is 0 Å². The van der Waals surface area contributed by atoms with E-state index in [0.29, 0.717) is 11.4 Å². The van der Waals surface area contributed by atoms with Crippen molar-refractivity contribution < 1.29 is 13.2 Å². The summed E-state index contributed by atoms with van der Waals surface area (Å²) >= 11 is 1.22. The average molecular weight is 296 g/mol. The number of nitrogens with zero attached hydrogens (tertiary/aromatic N) is 1. The third-order valence-corrected chi connectivity index (χ3v) is 5.78. The van der Waals surface area contributed by atoms with Crippen molar-refractivity contribution in [2.45, 2.75) is 6.42 Å². The lowest BCUT2D eigenvalue weighted by Gasteiger charge is -2.07. The molecule has 7 heteroatoms. The first-order valence-corrected chi connectivity index (χ1v) is 8.50. The molecule has 0 spiro atoms.